The Morgan fingerprint density at radius 3 is 2.72 bits per heavy atom. The second-order valence-electron chi connectivity index (χ2n) is 5.88. The molecule has 0 saturated heterocycles. The molecule has 0 bridgehead atoms. The Morgan fingerprint density at radius 1 is 1.33 bits per heavy atom. The fourth-order valence-corrected chi connectivity index (χ4v) is 2.31. The van der Waals surface area contributed by atoms with E-state index < -0.39 is 0 Å². The maximum absolute atomic E-state index is 12.2. The summed E-state index contributed by atoms with van der Waals surface area (Å²) < 4.78 is 1.02. The lowest BCUT2D eigenvalue weighted by Gasteiger charge is -2.16. The van der Waals surface area contributed by atoms with Gasteiger partial charge in [0.2, 0.25) is 0 Å². The Kier molecular flexibility index (Phi) is 3.62. The first-order valence-corrected chi connectivity index (χ1v) is 6.96. The Morgan fingerprint density at radius 2 is 2.06 bits per heavy atom. The number of ketones is 1. The summed E-state index contributed by atoms with van der Waals surface area (Å²) in [5, 5.41) is 1.01. The van der Waals surface area contributed by atoms with Crippen molar-refractivity contribution >= 4 is 32.6 Å². The number of H-pyrrole nitrogens is 1. The van der Waals surface area contributed by atoms with E-state index in [4.69, 9.17) is 0 Å². The third kappa shape index (κ3) is 3.02. The number of hydrogen-bond acceptors (Lipinski definition) is 1. The predicted molar refractivity (Wildman–Crippen MR) is 79.0 cm³/mol. The minimum absolute atomic E-state index is 0.199. The molecular weight excluding hydrogens is 290 g/mol. The number of fused-ring (bicyclic) bond motifs is 1. The van der Waals surface area contributed by atoms with Crippen LogP contribution in [0.4, 0.5) is 0 Å². The van der Waals surface area contributed by atoms with Crippen molar-refractivity contribution in [2.75, 3.05) is 0 Å². The molecule has 1 N–H and O–H groups in total. The molecule has 0 aliphatic heterocycles. The monoisotopic (exact) mass is 307 g/mol. The summed E-state index contributed by atoms with van der Waals surface area (Å²) in [4.78, 5) is 15.4. The second kappa shape index (κ2) is 4.88. The quantitative estimate of drug-likeness (QED) is 0.800. The molecule has 0 aliphatic rings. The van der Waals surface area contributed by atoms with Gasteiger partial charge >= 0.3 is 0 Å². The van der Waals surface area contributed by atoms with Gasteiger partial charge in [-0.3, -0.25) is 4.79 Å². The van der Waals surface area contributed by atoms with Crippen molar-refractivity contribution in [1.29, 1.82) is 0 Å². The summed E-state index contributed by atoms with van der Waals surface area (Å²) in [6.45, 7) is 6.48. The average Bonchev–Trinajstić information content (AvgIpc) is 2.67. The zero-order chi connectivity index (χ0) is 13.3. The molecule has 0 saturated carbocycles. The summed E-state index contributed by atoms with van der Waals surface area (Å²) in [7, 11) is 0. The molecule has 0 aliphatic carbocycles. The van der Waals surface area contributed by atoms with E-state index in [0.29, 0.717) is 6.42 Å². The van der Waals surface area contributed by atoms with E-state index in [1.807, 2.05) is 24.4 Å². The predicted octanol–water partition coefficient (Wildman–Crippen LogP) is 4.94. The minimum Gasteiger partial charge on any atom is -0.360 e. The third-order valence-electron chi connectivity index (χ3n) is 3.05. The highest BCUT2D eigenvalue weighted by Crippen LogP contribution is 2.26. The number of benzene rings is 1. The highest BCUT2D eigenvalue weighted by Gasteiger charge is 2.16. The van der Waals surface area contributed by atoms with Gasteiger partial charge in [0.25, 0.3) is 0 Å². The fraction of sp³-hybridized carbons (Fsp3) is 0.400. The largest absolute Gasteiger partial charge is 0.360 e. The molecule has 96 valence electrons. The lowest BCUT2D eigenvalue weighted by Crippen LogP contribution is -2.08. The van der Waals surface area contributed by atoms with Gasteiger partial charge in [0, 0.05) is 33.6 Å². The van der Waals surface area contributed by atoms with Gasteiger partial charge in [-0.1, -0.05) is 42.8 Å². The molecule has 0 atom stereocenters. The second-order valence-corrected chi connectivity index (χ2v) is 6.79. The molecule has 1 heterocycles. The van der Waals surface area contributed by atoms with Crippen molar-refractivity contribution in [3.05, 3.63) is 34.4 Å². The first-order chi connectivity index (χ1) is 8.37. The number of Topliss-reactive ketones (excluding diaryl/α,β-unsaturated/α-hetero) is 1. The summed E-state index contributed by atoms with van der Waals surface area (Å²) in [5.41, 5.74) is 2.01. The zero-order valence-electron chi connectivity index (χ0n) is 11.0. The van der Waals surface area contributed by atoms with Crippen LogP contribution in [0.25, 0.3) is 10.9 Å². The van der Waals surface area contributed by atoms with Gasteiger partial charge in [0.05, 0.1) is 0 Å². The van der Waals surface area contributed by atoms with Crippen molar-refractivity contribution in [2.24, 2.45) is 5.41 Å². The molecule has 0 unspecified atom stereocenters. The van der Waals surface area contributed by atoms with Gasteiger partial charge < -0.3 is 4.98 Å². The zero-order valence-corrected chi connectivity index (χ0v) is 12.6. The fourth-order valence-electron chi connectivity index (χ4n) is 1.95. The number of carbonyl (C=O) groups is 1. The average molecular weight is 308 g/mol. The SMILES string of the molecule is CC(C)(C)CCC(=O)c1c[nH]c2cc(Br)ccc12. The number of halogens is 1. The van der Waals surface area contributed by atoms with Crippen molar-refractivity contribution < 1.29 is 4.79 Å². The molecule has 1 aromatic carbocycles. The first-order valence-electron chi connectivity index (χ1n) is 6.17. The first kappa shape index (κ1) is 13.3. The van der Waals surface area contributed by atoms with E-state index in [1.54, 1.807) is 0 Å². The lowest BCUT2D eigenvalue weighted by molar-refractivity contribution is 0.0967. The Bertz CT molecular complexity index is 578. The molecule has 2 nitrogen and oxygen atoms in total. The van der Waals surface area contributed by atoms with Gasteiger partial charge in [0.1, 0.15) is 0 Å². The van der Waals surface area contributed by atoms with Crippen LogP contribution in [0, 0.1) is 5.41 Å². The Balaban J connectivity index is 2.23. The van der Waals surface area contributed by atoms with Crippen LogP contribution in [0.2, 0.25) is 0 Å². The van der Waals surface area contributed by atoms with Gasteiger partial charge in [-0.2, -0.15) is 0 Å². The molecule has 2 aromatic rings. The van der Waals surface area contributed by atoms with E-state index in [2.05, 4.69) is 41.7 Å². The number of nitrogens with one attached hydrogen (secondary N) is 1. The van der Waals surface area contributed by atoms with E-state index in [0.717, 1.165) is 27.4 Å². The number of hydrogen-bond donors (Lipinski definition) is 1. The van der Waals surface area contributed by atoms with Gasteiger partial charge in [-0.05, 0) is 24.0 Å². The highest BCUT2D eigenvalue weighted by molar-refractivity contribution is 9.10. The molecule has 0 radical (unpaired) electrons. The van der Waals surface area contributed by atoms with Crippen LogP contribution in [0.15, 0.2) is 28.9 Å². The van der Waals surface area contributed by atoms with Crippen molar-refractivity contribution in [3.8, 4) is 0 Å². The van der Waals surface area contributed by atoms with Crippen molar-refractivity contribution in [3.63, 3.8) is 0 Å². The van der Waals surface area contributed by atoms with E-state index in [9.17, 15) is 4.79 Å². The Hall–Kier alpha value is -1.09. The van der Waals surface area contributed by atoms with Crippen molar-refractivity contribution in [1.82, 2.24) is 4.98 Å². The number of aromatic nitrogens is 1. The van der Waals surface area contributed by atoms with Crippen LogP contribution in [-0.4, -0.2) is 10.8 Å². The minimum atomic E-state index is 0.199. The topological polar surface area (TPSA) is 32.9 Å². The van der Waals surface area contributed by atoms with E-state index >= 15 is 0 Å². The molecule has 0 spiro atoms. The van der Waals surface area contributed by atoms with Crippen LogP contribution in [-0.2, 0) is 0 Å². The standard InChI is InChI=1S/C15H18BrNO/c1-15(2,3)7-6-14(18)12-9-17-13-8-10(16)4-5-11(12)13/h4-5,8-9,17H,6-7H2,1-3H3. The van der Waals surface area contributed by atoms with Crippen LogP contribution in [0.3, 0.4) is 0 Å². The normalized spacial score (nSPS) is 12.0. The highest BCUT2D eigenvalue weighted by atomic mass is 79.9. The summed E-state index contributed by atoms with van der Waals surface area (Å²) in [5.74, 6) is 0.221. The van der Waals surface area contributed by atoms with Crippen LogP contribution in [0.1, 0.15) is 44.0 Å². The Labute approximate surface area is 116 Å². The summed E-state index contributed by atoms with van der Waals surface area (Å²) >= 11 is 3.43. The summed E-state index contributed by atoms with van der Waals surface area (Å²) in [6.07, 6.45) is 3.34. The van der Waals surface area contributed by atoms with E-state index in [1.165, 1.54) is 0 Å². The molecule has 1 aromatic heterocycles. The molecule has 18 heavy (non-hydrogen) atoms. The van der Waals surface area contributed by atoms with E-state index in [-0.39, 0.29) is 11.2 Å². The van der Waals surface area contributed by atoms with Crippen molar-refractivity contribution in [2.45, 2.75) is 33.6 Å². The van der Waals surface area contributed by atoms with Crippen LogP contribution < -0.4 is 0 Å². The van der Waals surface area contributed by atoms with Gasteiger partial charge in [0.15, 0.2) is 5.78 Å². The summed E-state index contributed by atoms with van der Waals surface area (Å²) in [6, 6.07) is 5.95. The molecule has 0 fully saturated rings. The van der Waals surface area contributed by atoms with Crippen LogP contribution >= 0.6 is 15.9 Å². The molecular formula is C15H18BrNO. The molecule has 0 amide bonds. The smallest absolute Gasteiger partial charge is 0.165 e. The maximum Gasteiger partial charge on any atom is 0.165 e. The van der Waals surface area contributed by atoms with Gasteiger partial charge in [-0.25, -0.2) is 0 Å². The van der Waals surface area contributed by atoms with Crippen LogP contribution in [0.5, 0.6) is 0 Å². The molecule has 2 rings (SSSR count). The lowest BCUT2D eigenvalue weighted by atomic mass is 9.88. The number of carbonyl (C=O) groups excluding carboxylic acids is 1. The maximum atomic E-state index is 12.2. The van der Waals surface area contributed by atoms with Gasteiger partial charge in [-0.15, -0.1) is 0 Å². The molecule has 3 heteroatoms. The number of aromatic amines is 1. The number of rotatable bonds is 3. The third-order valence-corrected chi connectivity index (χ3v) is 3.54.